The summed E-state index contributed by atoms with van der Waals surface area (Å²) in [4.78, 5) is 27.4. The van der Waals surface area contributed by atoms with E-state index < -0.39 is 15.8 Å². The molecule has 1 aliphatic heterocycles. The van der Waals surface area contributed by atoms with E-state index in [0.717, 1.165) is 4.90 Å². The van der Waals surface area contributed by atoms with E-state index >= 15 is 0 Å². The fraction of sp³-hybridized carbons (Fsp3) is 0.556. The molecule has 1 aromatic rings. The lowest BCUT2D eigenvalue weighted by molar-refractivity contribution is -0.138. The van der Waals surface area contributed by atoms with Gasteiger partial charge in [0.2, 0.25) is 0 Å². The van der Waals surface area contributed by atoms with Gasteiger partial charge >= 0.3 is 5.97 Å². The molecule has 1 fully saturated rings. The highest BCUT2D eigenvalue weighted by molar-refractivity contribution is 7.98. The highest BCUT2D eigenvalue weighted by Crippen LogP contribution is 2.23. The van der Waals surface area contributed by atoms with Crippen molar-refractivity contribution in [3.8, 4) is 0 Å². The van der Waals surface area contributed by atoms with Gasteiger partial charge in [0, 0.05) is 17.0 Å². The normalized spacial score (nSPS) is 19.7. The van der Waals surface area contributed by atoms with Gasteiger partial charge in [-0.25, -0.2) is 13.2 Å². The highest BCUT2D eigenvalue weighted by atomic mass is 32.2. The van der Waals surface area contributed by atoms with E-state index in [0.29, 0.717) is 18.4 Å². The number of hydrogen-bond acceptors (Lipinski definition) is 6. The van der Waals surface area contributed by atoms with Gasteiger partial charge < -0.3 is 9.64 Å². The average molecular weight is 400 g/mol. The van der Waals surface area contributed by atoms with Crippen molar-refractivity contribution >= 4 is 33.5 Å². The molecule has 1 aromatic carbocycles. The smallest absolute Gasteiger partial charge is 0.339 e. The molecule has 26 heavy (non-hydrogen) atoms. The number of thioether (sulfide) groups is 1. The van der Waals surface area contributed by atoms with Gasteiger partial charge in [-0.3, -0.25) is 4.79 Å². The molecule has 0 bridgehead atoms. The molecule has 2 rings (SSSR count). The summed E-state index contributed by atoms with van der Waals surface area (Å²) < 4.78 is 28.8. The highest BCUT2D eigenvalue weighted by Gasteiger charge is 2.36. The Morgan fingerprint density at radius 3 is 2.62 bits per heavy atom. The predicted octanol–water partition coefficient (Wildman–Crippen LogP) is 2.38. The van der Waals surface area contributed by atoms with Crippen LogP contribution < -0.4 is 0 Å². The first-order valence-corrected chi connectivity index (χ1v) is 11.7. The molecular weight excluding hydrogens is 374 g/mol. The van der Waals surface area contributed by atoms with E-state index in [1.54, 1.807) is 17.0 Å². The number of nitrogens with zero attached hydrogens (tertiary/aromatic N) is 1. The molecular formula is C18H25NO5S2. The van der Waals surface area contributed by atoms with Gasteiger partial charge in [0.1, 0.15) is 0 Å². The van der Waals surface area contributed by atoms with E-state index in [2.05, 4.69) is 0 Å². The zero-order chi connectivity index (χ0) is 19.3. The maximum Gasteiger partial charge on any atom is 0.339 e. The lowest BCUT2D eigenvalue weighted by Crippen LogP contribution is -2.48. The van der Waals surface area contributed by atoms with E-state index in [9.17, 15) is 18.0 Å². The maximum atomic E-state index is 12.7. The van der Waals surface area contributed by atoms with Crippen LogP contribution in [0.3, 0.4) is 0 Å². The third-order valence-corrected chi connectivity index (χ3v) is 7.16. The number of carbonyl (C=O) groups excluding carboxylic acids is 2. The van der Waals surface area contributed by atoms with Gasteiger partial charge in [0.15, 0.2) is 16.4 Å². The maximum absolute atomic E-state index is 12.7. The average Bonchev–Trinajstić information content (AvgIpc) is 2.98. The van der Waals surface area contributed by atoms with Crippen LogP contribution in [0.5, 0.6) is 0 Å². The lowest BCUT2D eigenvalue weighted by atomic mass is 10.1. The second kappa shape index (κ2) is 8.90. The van der Waals surface area contributed by atoms with Gasteiger partial charge in [-0.1, -0.05) is 19.1 Å². The summed E-state index contributed by atoms with van der Waals surface area (Å²) in [5.74, 6) is -0.826. The number of carbonyl (C=O) groups is 2. The van der Waals surface area contributed by atoms with Crippen molar-refractivity contribution in [1.29, 1.82) is 0 Å². The molecule has 1 saturated heterocycles. The van der Waals surface area contributed by atoms with E-state index in [1.165, 1.54) is 11.8 Å². The van der Waals surface area contributed by atoms with Crippen molar-refractivity contribution in [3.05, 3.63) is 29.8 Å². The van der Waals surface area contributed by atoms with Gasteiger partial charge in [0.05, 0.1) is 17.1 Å². The number of ether oxygens (including phenoxy) is 1. The Balaban J connectivity index is 2.06. The van der Waals surface area contributed by atoms with Crippen molar-refractivity contribution in [1.82, 2.24) is 4.90 Å². The van der Waals surface area contributed by atoms with Crippen molar-refractivity contribution in [2.24, 2.45) is 0 Å². The summed E-state index contributed by atoms with van der Waals surface area (Å²) in [6.07, 6.45) is 3.00. The molecule has 2 atom stereocenters. The summed E-state index contributed by atoms with van der Waals surface area (Å²) in [5, 5.41) is 0. The molecule has 0 aromatic heterocycles. The number of sulfone groups is 1. The summed E-state index contributed by atoms with van der Waals surface area (Å²) in [5.41, 5.74) is 0.423. The van der Waals surface area contributed by atoms with Gasteiger partial charge in [-0.2, -0.15) is 0 Å². The number of esters is 1. The number of benzene rings is 1. The molecule has 0 radical (unpaired) electrons. The van der Waals surface area contributed by atoms with E-state index in [4.69, 9.17) is 4.74 Å². The third-order valence-electron chi connectivity index (χ3n) is 4.61. The van der Waals surface area contributed by atoms with Crippen LogP contribution in [0.4, 0.5) is 0 Å². The van der Waals surface area contributed by atoms with Gasteiger partial charge in [-0.05, 0) is 38.2 Å². The Bertz CT molecular complexity index is 763. The van der Waals surface area contributed by atoms with Crippen molar-refractivity contribution in [3.63, 3.8) is 0 Å². The number of rotatable bonds is 7. The minimum Gasteiger partial charge on any atom is -0.452 e. The third kappa shape index (κ3) is 5.01. The monoisotopic (exact) mass is 399 g/mol. The van der Waals surface area contributed by atoms with Crippen LogP contribution in [0.2, 0.25) is 0 Å². The second-order valence-electron chi connectivity index (χ2n) is 6.39. The standard InChI is InChI=1S/C18H25NO5S2/c1-4-13(2)19(14-9-10-26(22,23)12-14)17(20)11-24-18(21)15-7-5-6-8-16(15)25-3/h5-8,13-14H,4,9-12H2,1-3H3/t13-,14+/m0/s1. The minimum atomic E-state index is -3.10. The number of hydrogen-bond donors (Lipinski definition) is 0. The zero-order valence-corrected chi connectivity index (χ0v) is 16.9. The Morgan fingerprint density at radius 2 is 2.04 bits per heavy atom. The van der Waals surface area contributed by atoms with Crippen LogP contribution >= 0.6 is 11.8 Å². The second-order valence-corrected chi connectivity index (χ2v) is 9.47. The van der Waals surface area contributed by atoms with Crippen LogP contribution in [0, 0.1) is 0 Å². The zero-order valence-electron chi connectivity index (χ0n) is 15.3. The fourth-order valence-corrected chi connectivity index (χ4v) is 5.39. The molecule has 6 nitrogen and oxygen atoms in total. The summed E-state index contributed by atoms with van der Waals surface area (Å²) in [7, 11) is -3.10. The number of amides is 1. The molecule has 1 aliphatic rings. The van der Waals surface area contributed by atoms with Gasteiger partial charge in [-0.15, -0.1) is 11.8 Å². The Kier molecular flexibility index (Phi) is 7.11. The van der Waals surface area contributed by atoms with Crippen LogP contribution in [0.25, 0.3) is 0 Å². The first kappa shape index (κ1) is 20.8. The molecule has 1 amide bonds. The first-order chi connectivity index (χ1) is 12.3. The predicted molar refractivity (Wildman–Crippen MR) is 102 cm³/mol. The molecule has 8 heteroatoms. The molecule has 0 aliphatic carbocycles. The van der Waals surface area contributed by atoms with Crippen LogP contribution in [-0.4, -0.2) is 61.6 Å². The summed E-state index contributed by atoms with van der Waals surface area (Å²) >= 11 is 1.43. The van der Waals surface area contributed by atoms with Gasteiger partial charge in [0.25, 0.3) is 5.91 Å². The molecule has 0 N–H and O–H groups in total. The summed E-state index contributed by atoms with van der Waals surface area (Å²) in [6, 6.07) is 6.59. The largest absolute Gasteiger partial charge is 0.452 e. The minimum absolute atomic E-state index is 0.0215. The topological polar surface area (TPSA) is 80.8 Å². The molecule has 0 saturated carbocycles. The Hall–Kier alpha value is -1.54. The first-order valence-electron chi connectivity index (χ1n) is 8.60. The Morgan fingerprint density at radius 1 is 1.35 bits per heavy atom. The van der Waals surface area contributed by atoms with Crippen LogP contribution in [0.1, 0.15) is 37.0 Å². The molecule has 144 valence electrons. The molecule has 1 heterocycles. The summed E-state index contributed by atoms with van der Waals surface area (Å²) in [6.45, 7) is 3.44. The van der Waals surface area contributed by atoms with Crippen LogP contribution in [-0.2, 0) is 19.4 Å². The van der Waals surface area contributed by atoms with Crippen molar-refractivity contribution < 1.29 is 22.7 Å². The Labute approximate surface area is 159 Å². The van der Waals surface area contributed by atoms with Crippen LogP contribution in [0.15, 0.2) is 29.2 Å². The quantitative estimate of drug-likeness (QED) is 0.517. The van der Waals surface area contributed by atoms with E-state index in [1.807, 2.05) is 32.2 Å². The van der Waals surface area contributed by atoms with Crippen molar-refractivity contribution in [2.45, 2.75) is 43.7 Å². The van der Waals surface area contributed by atoms with Crippen molar-refractivity contribution in [2.75, 3.05) is 24.4 Å². The fourth-order valence-electron chi connectivity index (χ4n) is 3.09. The molecule has 0 spiro atoms. The van der Waals surface area contributed by atoms with E-state index in [-0.39, 0.29) is 36.1 Å². The molecule has 0 unspecified atom stereocenters. The SMILES string of the molecule is CC[C@H](C)N(C(=O)COC(=O)c1ccccc1SC)[C@@H]1CCS(=O)(=O)C1. The lowest BCUT2D eigenvalue weighted by Gasteiger charge is -2.33.